The monoisotopic (exact) mass is 431 g/mol. The van der Waals surface area contributed by atoms with E-state index < -0.39 is 17.6 Å². The number of Topliss-reactive ketones (excluding diaryl/α,β-unsaturated/α-hetero) is 1. The van der Waals surface area contributed by atoms with Crippen LogP contribution in [0, 0.1) is 5.21 Å². The minimum absolute atomic E-state index is 0.0148. The third-order valence-electron chi connectivity index (χ3n) is 6.12. The van der Waals surface area contributed by atoms with Gasteiger partial charge >= 0.3 is 5.91 Å². The van der Waals surface area contributed by atoms with Crippen molar-refractivity contribution in [1.82, 2.24) is 0 Å². The highest BCUT2D eigenvalue weighted by Crippen LogP contribution is 2.57. The van der Waals surface area contributed by atoms with Crippen LogP contribution in [0.25, 0.3) is 0 Å². The Balaban J connectivity index is 1.53. The average Bonchev–Trinajstić information content (AvgIpc) is 3.17. The van der Waals surface area contributed by atoms with Crippen LogP contribution in [0.15, 0.2) is 54.7 Å². The maximum Gasteiger partial charge on any atom is 0.321 e. The number of hydrogen-bond donors (Lipinski definition) is 3. The molecule has 1 aromatic heterocycles. The van der Waals surface area contributed by atoms with Crippen molar-refractivity contribution in [3.8, 4) is 5.75 Å². The molecule has 2 aromatic carbocycles. The molecule has 0 radical (unpaired) electrons. The zero-order valence-electron chi connectivity index (χ0n) is 17.5. The smallest absolute Gasteiger partial charge is 0.321 e. The number of rotatable bonds is 3. The molecule has 0 saturated carbocycles. The minimum Gasteiger partial charge on any atom is -0.618 e. The molecule has 3 aromatic rings. The van der Waals surface area contributed by atoms with Crippen LogP contribution >= 0.6 is 0 Å². The fourth-order valence-corrected chi connectivity index (χ4v) is 4.43. The summed E-state index contributed by atoms with van der Waals surface area (Å²) in [5.41, 5.74) is 8.31. The van der Waals surface area contributed by atoms with Gasteiger partial charge in [-0.15, -0.1) is 0 Å². The number of nitrogens with two attached hydrogens (primary N) is 1. The molecule has 1 amide bonds. The Morgan fingerprint density at radius 2 is 2.03 bits per heavy atom. The number of carbonyl (C=O) groups excluding carboxylic acids is 2. The molecule has 0 bridgehead atoms. The predicted octanol–water partition coefficient (Wildman–Crippen LogP) is 2.80. The Morgan fingerprint density at radius 3 is 2.75 bits per heavy atom. The number of ether oxygens (including phenoxy) is 1. The Labute approximate surface area is 183 Å². The molecule has 0 saturated heterocycles. The zero-order valence-corrected chi connectivity index (χ0v) is 17.5. The van der Waals surface area contributed by atoms with Gasteiger partial charge in [0, 0.05) is 23.3 Å². The standard InChI is InChI=1S/C24H21N3O5/c1-12(2)13-6-7-14-18(11-13)32-24(30)15-8-9-16(21(25)19(15)22(28)20(14)24)26-23(29)17-5-3-4-10-27(17)31/h3-12,20,30H,25H2,1-2H3,(H,26,29). The van der Waals surface area contributed by atoms with Crippen molar-refractivity contribution in [1.29, 1.82) is 0 Å². The van der Waals surface area contributed by atoms with E-state index in [0.29, 0.717) is 16.0 Å². The van der Waals surface area contributed by atoms with Gasteiger partial charge in [-0.3, -0.25) is 9.59 Å². The Hall–Kier alpha value is -3.91. The van der Waals surface area contributed by atoms with Crippen molar-refractivity contribution < 1.29 is 24.2 Å². The fraction of sp³-hybridized carbons (Fsp3) is 0.208. The first-order chi connectivity index (χ1) is 15.2. The number of amides is 1. The third kappa shape index (κ3) is 2.69. The summed E-state index contributed by atoms with van der Waals surface area (Å²) in [4.78, 5) is 25.9. The summed E-state index contributed by atoms with van der Waals surface area (Å²) in [6.45, 7) is 4.10. The molecule has 32 heavy (non-hydrogen) atoms. The molecular weight excluding hydrogens is 410 g/mol. The molecule has 5 rings (SSSR count). The minimum atomic E-state index is -1.86. The number of fused-ring (bicyclic) bond motifs is 5. The van der Waals surface area contributed by atoms with Crippen molar-refractivity contribution in [3.05, 3.63) is 87.9 Å². The summed E-state index contributed by atoms with van der Waals surface area (Å²) in [5, 5.41) is 25.8. The number of nitrogens with zero attached hydrogens (tertiary/aromatic N) is 1. The van der Waals surface area contributed by atoms with Crippen molar-refractivity contribution in [2.45, 2.75) is 31.5 Å². The first kappa shape index (κ1) is 20.0. The Morgan fingerprint density at radius 1 is 1.25 bits per heavy atom. The molecule has 4 N–H and O–H groups in total. The Kier molecular flexibility index (Phi) is 4.25. The van der Waals surface area contributed by atoms with Crippen molar-refractivity contribution in [2.75, 3.05) is 11.1 Å². The highest BCUT2D eigenvalue weighted by atomic mass is 16.6. The lowest BCUT2D eigenvalue weighted by Gasteiger charge is -2.22. The second kappa shape index (κ2) is 6.80. The van der Waals surface area contributed by atoms with Crippen LogP contribution in [-0.2, 0) is 5.79 Å². The lowest BCUT2D eigenvalue weighted by Crippen LogP contribution is -2.36. The van der Waals surface area contributed by atoms with Crippen LogP contribution in [0.5, 0.6) is 5.75 Å². The molecule has 2 heterocycles. The lowest BCUT2D eigenvalue weighted by molar-refractivity contribution is -0.607. The van der Waals surface area contributed by atoms with Gasteiger partial charge in [-0.2, -0.15) is 4.73 Å². The normalized spacial score (nSPS) is 20.5. The molecule has 0 spiro atoms. The van der Waals surface area contributed by atoms with Crippen LogP contribution in [0.4, 0.5) is 11.4 Å². The highest BCUT2D eigenvalue weighted by Gasteiger charge is 2.60. The van der Waals surface area contributed by atoms with Gasteiger partial charge in [-0.05, 0) is 35.7 Å². The van der Waals surface area contributed by atoms with E-state index in [0.717, 1.165) is 5.56 Å². The number of pyridine rings is 1. The van der Waals surface area contributed by atoms with Gasteiger partial charge < -0.3 is 26.1 Å². The number of ketones is 1. The van der Waals surface area contributed by atoms with Gasteiger partial charge in [0.25, 0.3) is 5.69 Å². The van der Waals surface area contributed by atoms with E-state index in [2.05, 4.69) is 5.32 Å². The molecule has 2 atom stereocenters. The molecular formula is C24H21N3O5. The summed E-state index contributed by atoms with van der Waals surface area (Å²) < 4.78 is 6.35. The zero-order chi connectivity index (χ0) is 22.8. The summed E-state index contributed by atoms with van der Waals surface area (Å²) in [6.07, 6.45) is 1.21. The van der Waals surface area contributed by atoms with Gasteiger partial charge in [0.2, 0.25) is 5.79 Å². The Bertz CT molecular complexity index is 1300. The van der Waals surface area contributed by atoms with E-state index in [-0.39, 0.29) is 39.9 Å². The summed E-state index contributed by atoms with van der Waals surface area (Å²) in [7, 11) is 0. The van der Waals surface area contributed by atoms with Crippen LogP contribution in [0.2, 0.25) is 0 Å². The molecule has 2 aliphatic rings. The first-order valence-corrected chi connectivity index (χ1v) is 10.2. The van der Waals surface area contributed by atoms with E-state index in [1.807, 2.05) is 26.0 Å². The van der Waals surface area contributed by atoms with Gasteiger partial charge in [-0.25, -0.2) is 0 Å². The SMILES string of the molecule is CC(C)c1ccc2c(c1)OC1(O)c3ccc(NC(=O)c4cccc[n+]4[O-])c(N)c3C(=O)C21. The first-order valence-electron chi connectivity index (χ1n) is 10.2. The largest absolute Gasteiger partial charge is 0.618 e. The quantitative estimate of drug-likeness (QED) is 0.332. The van der Waals surface area contributed by atoms with Crippen LogP contribution in [0.1, 0.15) is 63.2 Å². The second-order valence-electron chi connectivity index (χ2n) is 8.36. The molecule has 1 aliphatic heterocycles. The average molecular weight is 431 g/mol. The number of anilines is 2. The van der Waals surface area contributed by atoms with E-state index in [1.54, 1.807) is 12.1 Å². The number of hydrogen-bond acceptors (Lipinski definition) is 6. The maximum absolute atomic E-state index is 13.4. The van der Waals surface area contributed by atoms with Crippen molar-refractivity contribution >= 4 is 23.1 Å². The topological polar surface area (TPSA) is 129 Å². The van der Waals surface area contributed by atoms with Crippen LogP contribution in [-0.4, -0.2) is 16.8 Å². The molecule has 2 unspecified atom stereocenters. The number of nitrogen functional groups attached to an aromatic ring is 1. The molecule has 162 valence electrons. The summed E-state index contributed by atoms with van der Waals surface area (Å²) >= 11 is 0. The van der Waals surface area contributed by atoms with Crippen LogP contribution in [0.3, 0.4) is 0 Å². The van der Waals surface area contributed by atoms with E-state index in [1.165, 1.54) is 30.5 Å². The van der Waals surface area contributed by atoms with Gasteiger partial charge in [0.05, 0.1) is 16.9 Å². The summed E-state index contributed by atoms with van der Waals surface area (Å²) in [5.74, 6) is -3.12. The molecule has 1 aliphatic carbocycles. The number of benzene rings is 2. The second-order valence-corrected chi connectivity index (χ2v) is 8.36. The van der Waals surface area contributed by atoms with Crippen molar-refractivity contribution in [2.24, 2.45) is 0 Å². The molecule has 8 heteroatoms. The number of aliphatic hydroxyl groups is 1. The lowest BCUT2D eigenvalue weighted by atomic mass is 9.91. The predicted molar refractivity (Wildman–Crippen MR) is 116 cm³/mol. The maximum atomic E-state index is 13.4. The van der Waals surface area contributed by atoms with Crippen LogP contribution < -0.4 is 20.5 Å². The van der Waals surface area contributed by atoms with E-state index in [9.17, 15) is 19.9 Å². The number of carbonyl (C=O) groups is 2. The van der Waals surface area contributed by atoms with Crippen molar-refractivity contribution in [3.63, 3.8) is 0 Å². The number of nitrogens with one attached hydrogen (secondary N) is 1. The van der Waals surface area contributed by atoms with E-state index >= 15 is 0 Å². The van der Waals surface area contributed by atoms with Gasteiger partial charge in [0.15, 0.2) is 12.0 Å². The third-order valence-corrected chi connectivity index (χ3v) is 6.12. The fourth-order valence-electron chi connectivity index (χ4n) is 4.43. The highest BCUT2D eigenvalue weighted by molar-refractivity contribution is 6.14. The van der Waals surface area contributed by atoms with Gasteiger partial charge in [0.1, 0.15) is 11.7 Å². The number of aromatic nitrogens is 1. The van der Waals surface area contributed by atoms with E-state index in [4.69, 9.17) is 10.5 Å². The molecule has 8 nitrogen and oxygen atoms in total. The van der Waals surface area contributed by atoms with Gasteiger partial charge in [-0.1, -0.05) is 26.0 Å². The summed E-state index contributed by atoms with van der Waals surface area (Å²) in [6, 6.07) is 13.0. The molecule has 0 fully saturated rings.